The lowest BCUT2D eigenvalue weighted by Crippen LogP contribution is -2.21. The number of benzene rings is 1. The van der Waals surface area contributed by atoms with E-state index in [-0.39, 0.29) is 0 Å². The first kappa shape index (κ1) is 12.2. The van der Waals surface area contributed by atoms with Gasteiger partial charge in [0.15, 0.2) is 0 Å². The van der Waals surface area contributed by atoms with E-state index >= 15 is 0 Å². The normalized spacial score (nSPS) is 29.1. The smallest absolute Gasteiger partial charge is 0.0534 e. The Morgan fingerprint density at radius 1 is 0.778 bits per heavy atom. The molecule has 2 aliphatic heterocycles. The van der Waals surface area contributed by atoms with E-state index < -0.39 is 0 Å². The van der Waals surface area contributed by atoms with E-state index in [9.17, 15) is 0 Å². The van der Waals surface area contributed by atoms with Gasteiger partial charge in [-0.3, -0.25) is 0 Å². The van der Waals surface area contributed by atoms with Crippen LogP contribution >= 0.6 is 0 Å². The molecule has 18 heavy (non-hydrogen) atoms. The molecule has 2 heteroatoms. The van der Waals surface area contributed by atoms with Gasteiger partial charge in [-0.05, 0) is 36.8 Å². The highest BCUT2D eigenvalue weighted by molar-refractivity contribution is 5.34. The molecule has 0 aliphatic carbocycles. The van der Waals surface area contributed by atoms with Crippen LogP contribution in [0.5, 0.6) is 0 Å². The average molecular weight is 246 g/mol. The van der Waals surface area contributed by atoms with Crippen LogP contribution in [0.2, 0.25) is 0 Å². The Morgan fingerprint density at radius 2 is 1.28 bits per heavy atom. The van der Waals surface area contributed by atoms with Crippen LogP contribution in [0.4, 0.5) is 0 Å². The van der Waals surface area contributed by atoms with Gasteiger partial charge >= 0.3 is 0 Å². The molecule has 2 nitrogen and oxygen atoms in total. The molecule has 0 amide bonds. The quantitative estimate of drug-likeness (QED) is 0.795. The maximum Gasteiger partial charge on any atom is 0.0534 e. The molecule has 0 radical (unpaired) electrons. The molecule has 2 unspecified atom stereocenters. The highest BCUT2D eigenvalue weighted by Gasteiger charge is 2.24. The van der Waals surface area contributed by atoms with Crippen molar-refractivity contribution in [2.45, 2.75) is 37.5 Å². The Hall–Kier alpha value is -0.860. The van der Waals surface area contributed by atoms with Crippen LogP contribution in [0, 0.1) is 0 Å². The molecule has 0 N–H and O–H groups in total. The van der Waals surface area contributed by atoms with E-state index in [0.29, 0.717) is 11.8 Å². The van der Waals surface area contributed by atoms with Crippen LogP contribution < -0.4 is 0 Å². The third-order valence-electron chi connectivity index (χ3n) is 4.20. The summed E-state index contributed by atoms with van der Waals surface area (Å²) in [5, 5.41) is 0. The van der Waals surface area contributed by atoms with Gasteiger partial charge in [-0.15, -0.1) is 0 Å². The van der Waals surface area contributed by atoms with Crippen molar-refractivity contribution in [3.8, 4) is 0 Å². The van der Waals surface area contributed by atoms with Gasteiger partial charge < -0.3 is 9.47 Å². The lowest BCUT2D eigenvalue weighted by molar-refractivity contribution is 0.0740. The van der Waals surface area contributed by atoms with Gasteiger partial charge in [-0.1, -0.05) is 24.3 Å². The first-order valence-corrected chi connectivity index (χ1v) is 7.19. The van der Waals surface area contributed by atoms with E-state index in [0.717, 1.165) is 26.4 Å². The van der Waals surface area contributed by atoms with E-state index in [2.05, 4.69) is 24.3 Å². The fourth-order valence-electron chi connectivity index (χ4n) is 3.23. The summed E-state index contributed by atoms with van der Waals surface area (Å²) >= 11 is 0. The fraction of sp³-hybridized carbons (Fsp3) is 0.625. The monoisotopic (exact) mass is 246 g/mol. The number of hydrogen-bond donors (Lipinski definition) is 0. The summed E-state index contributed by atoms with van der Waals surface area (Å²) in [5.41, 5.74) is 3.01. The molecule has 0 bridgehead atoms. The Kier molecular flexibility index (Phi) is 3.96. The summed E-state index contributed by atoms with van der Waals surface area (Å²) in [6.45, 7) is 3.66. The Labute approximate surface area is 109 Å². The lowest BCUT2D eigenvalue weighted by atomic mass is 9.83. The van der Waals surface area contributed by atoms with Gasteiger partial charge in [0.25, 0.3) is 0 Å². The van der Waals surface area contributed by atoms with Crippen molar-refractivity contribution in [3.63, 3.8) is 0 Å². The van der Waals surface area contributed by atoms with Crippen molar-refractivity contribution >= 4 is 0 Å². The van der Waals surface area contributed by atoms with Crippen molar-refractivity contribution < 1.29 is 9.47 Å². The largest absolute Gasteiger partial charge is 0.381 e. The minimum absolute atomic E-state index is 0.594. The second-order valence-electron chi connectivity index (χ2n) is 5.46. The summed E-state index contributed by atoms with van der Waals surface area (Å²) in [7, 11) is 0. The van der Waals surface area contributed by atoms with Crippen LogP contribution in [-0.2, 0) is 9.47 Å². The average Bonchev–Trinajstić information content (AvgIpc) is 2.49. The highest BCUT2D eigenvalue weighted by atomic mass is 16.5. The van der Waals surface area contributed by atoms with Crippen molar-refractivity contribution in [2.24, 2.45) is 0 Å². The van der Waals surface area contributed by atoms with Gasteiger partial charge in [-0.25, -0.2) is 0 Å². The minimum Gasteiger partial charge on any atom is -0.381 e. The zero-order valence-electron chi connectivity index (χ0n) is 10.9. The van der Waals surface area contributed by atoms with Gasteiger partial charge in [-0.2, -0.15) is 0 Å². The number of hydrogen-bond acceptors (Lipinski definition) is 2. The van der Waals surface area contributed by atoms with Gasteiger partial charge in [0.1, 0.15) is 0 Å². The van der Waals surface area contributed by atoms with E-state index in [1.807, 2.05) is 0 Å². The molecular formula is C16H22O2. The minimum atomic E-state index is 0.594. The van der Waals surface area contributed by atoms with E-state index in [1.54, 1.807) is 0 Å². The number of ether oxygens (including phenoxy) is 2. The van der Waals surface area contributed by atoms with Crippen LogP contribution in [0.1, 0.15) is 48.6 Å². The summed E-state index contributed by atoms with van der Waals surface area (Å²) in [5.74, 6) is 1.19. The molecule has 3 rings (SSSR count). The lowest BCUT2D eigenvalue weighted by Gasteiger charge is -2.29. The second-order valence-corrected chi connectivity index (χ2v) is 5.46. The predicted molar refractivity (Wildman–Crippen MR) is 72.0 cm³/mol. The third-order valence-corrected chi connectivity index (χ3v) is 4.20. The van der Waals surface area contributed by atoms with Gasteiger partial charge in [0.05, 0.1) is 13.2 Å². The zero-order chi connectivity index (χ0) is 12.2. The first-order valence-electron chi connectivity index (χ1n) is 7.19. The molecule has 2 aliphatic rings. The summed E-state index contributed by atoms with van der Waals surface area (Å²) in [6.07, 6.45) is 4.93. The SMILES string of the molecule is c1ccc(C2CCCOC2)c(C2CCCOC2)c1. The third kappa shape index (κ3) is 2.60. The van der Waals surface area contributed by atoms with Gasteiger partial charge in [0.2, 0.25) is 0 Å². The molecule has 0 aromatic heterocycles. The fourth-order valence-corrected chi connectivity index (χ4v) is 3.23. The maximum atomic E-state index is 5.65. The van der Waals surface area contributed by atoms with Crippen molar-refractivity contribution in [3.05, 3.63) is 35.4 Å². The first-order chi connectivity index (χ1) is 8.95. The molecule has 1 aromatic rings. The van der Waals surface area contributed by atoms with Crippen molar-refractivity contribution in [1.82, 2.24) is 0 Å². The Bertz CT molecular complexity index is 339. The maximum absolute atomic E-state index is 5.65. The molecule has 1 aromatic carbocycles. The van der Waals surface area contributed by atoms with Crippen molar-refractivity contribution in [1.29, 1.82) is 0 Å². The molecule has 2 saturated heterocycles. The Morgan fingerprint density at radius 3 is 1.67 bits per heavy atom. The summed E-state index contributed by atoms with van der Waals surface area (Å²) in [6, 6.07) is 8.92. The van der Waals surface area contributed by atoms with Gasteiger partial charge in [0, 0.05) is 25.0 Å². The molecule has 2 fully saturated rings. The van der Waals surface area contributed by atoms with Crippen LogP contribution in [0.25, 0.3) is 0 Å². The molecule has 0 saturated carbocycles. The molecule has 2 heterocycles. The van der Waals surface area contributed by atoms with Crippen LogP contribution in [0.3, 0.4) is 0 Å². The predicted octanol–water partition coefficient (Wildman–Crippen LogP) is 3.47. The van der Waals surface area contributed by atoms with Crippen LogP contribution in [0.15, 0.2) is 24.3 Å². The Balaban J connectivity index is 1.83. The summed E-state index contributed by atoms with van der Waals surface area (Å²) in [4.78, 5) is 0. The van der Waals surface area contributed by atoms with Crippen LogP contribution in [-0.4, -0.2) is 26.4 Å². The van der Waals surface area contributed by atoms with E-state index in [1.165, 1.54) is 36.8 Å². The molecule has 0 spiro atoms. The second kappa shape index (κ2) is 5.85. The highest BCUT2D eigenvalue weighted by Crippen LogP contribution is 2.34. The van der Waals surface area contributed by atoms with Crippen molar-refractivity contribution in [2.75, 3.05) is 26.4 Å². The van der Waals surface area contributed by atoms with E-state index in [4.69, 9.17) is 9.47 Å². The number of rotatable bonds is 2. The standard InChI is InChI=1S/C16H22O2/c1-2-8-16(14-6-4-10-18-12-14)15(7-1)13-5-3-9-17-11-13/h1-2,7-8,13-14H,3-6,9-12H2. The summed E-state index contributed by atoms with van der Waals surface area (Å²) < 4.78 is 11.3. The topological polar surface area (TPSA) is 18.5 Å². The molecule has 98 valence electrons. The zero-order valence-corrected chi connectivity index (χ0v) is 10.9. The molecule has 2 atom stereocenters. The molecular weight excluding hydrogens is 224 g/mol.